The zero-order chi connectivity index (χ0) is 19.2. The van der Waals surface area contributed by atoms with Crippen molar-refractivity contribution in [3.63, 3.8) is 0 Å². The van der Waals surface area contributed by atoms with E-state index in [2.05, 4.69) is 16.8 Å². The van der Waals surface area contributed by atoms with Crippen molar-refractivity contribution >= 4 is 11.6 Å². The summed E-state index contributed by atoms with van der Waals surface area (Å²) in [5.41, 5.74) is 2.27. The van der Waals surface area contributed by atoms with Crippen LogP contribution in [0.2, 0.25) is 0 Å². The average molecular weight is 366 g/mol. The van der Waals surface area contributed by atoms with Gasteiger partial charge in [0.05, 0.1) is 13.7 Å². The van der Waals surface area contributed by atoms with Crippen molar-refractivity contribution in [2.75, 3.05) is 46.9 Å². The zero-order valence-corrected chi connectivity index (χ0v) is 16.0. The number of hydrogen-bond donors (Lipinski definition) is 0. The fourth-order valence-electron chi connectivity index (χ4n) is 3.17. The molecule has 2 aromatic carbocycles. The van der Waals surface area contributed by atoms with E-state index in [1.807, 2.05) is 24.3 Å². The average Bonchev–Trinajstić information content (AvgIpc) is 2.70. The molecule has 3 rings (SSSR count). The van der Waals surface area contributed by atoms with Crippen LogP contribution in [0, 0.1) is 0 Å². The Morgan fingerprint density at radius 1 is 0.852 bits per heavy atom. The lowest BCUT2D eigenvalue weighted by atomic mass is 10.0. The van der Waals surface area contributed by atoms with Gasteiger partial charge in [-0.05, 0) is 36.9 Å². The number of Topliss-reactive ketones (excluding diaryl/α,β-unsaturated/α-hetero) is 2. The normalized spacial score (nSPS) is 15.5. The predicted octanol–water partition coefficient (Wildman–Crippen LogP) is 2.55. The van der Waals surface area contributed by atoms with Crippen LogP contribution >= 0.6 is 0 Å². The molecule has 0 unspecified atom stereocenters. The van der Waals surface area contributed by atoms with Crippen molar-refractivity contribution in [2.45, 2.75) is 6.42 Å². The van der Waals surface area contributed by atoms with Crippen LogP contribution in [0.1, 0.15) is 26.3 Å². The molecule has 5 nitrogen and oxygen atoms in total. The maximum atomic E-state index is 12.5. The Bertz CT molecular complexity index is 776. The Morgan fingerprint density at radius 2 is 1.41 bits per heavy atom. The number of rotatable bonds is 7. The standard InChI is InChI=1S/C22H26N2O3/c1-23-11-13-24(14-12-23)16-22(26)19-5-3-17(4-6-19)15-21(25)18-7-9-20(27-2)10-8-18/h3-10H,11-16H2,1-2H3. The van der Waals surface area contributed by atoms with Crippen LogP contribution in [-0.4, -0.2) is 68.2 Å². The molecule has 1 aliphatic heterocycles. The van der Waals surface area contributed by atoms with Gasteiger partial charge in [-0.3, -0.25) is 14.5 Å². The van der Waals surface area contributed by atoms with Crippen molar-refractivity contribution in [2.24, 2.45) is 0 Å². The first-order chi connectivity index (χ1) is 13.0. The molecule has 0 radical (unpaired) electrons. The number of ketones is 2. The molecule has 0 atom stereocenters. The minimum absolute atomic E-state index is 0.0502. The molecule has 0 aromatic heterocycles. The zero-order valence-electron chi connectivity index (χ0n) is 16.0. The molecule has 27 heavy (non-hydrogen) atoms. The SMILES string of the molecule is COc1ccc(C(=O)Cc2ccc(C(=O)CN3CCN(C)CC3)cc2)cc1. The van der Waals surface area contributed by atoms with Gasteiger partial charge in [0.2, 0.25) is 0 Å². The van der Waals surface area contributed by atoms with Crippen LogP contribution < -0.4 is 4.74 Å². The Morgan fingerprint density at radius 3 is 2.00 bits per heavy atom. The van der Waals surface area contributed by atoms with Crippen LogP contribution in [-0.2, 0) is 6.42 Å². The number of nitrogens with zero attached hydrogens (tertiary/aromatic N) is 2. The van der Waals surface area contributed by atoms with Gasteiger partial charge < -0.3 is 9.64 Å². The van der Waals surface area contributed by atoms with Crippen LogP contribution in [0.25, 0.3) is 0 Å². The number of methoxy groups -OCH3 is 1. The van der Waals surface area contributed by atoms with E-state index in [1.165, 1.54) is 0 Å². The van der Waals surface area contributed by atoms with E-state index in [4.69, 9.17) is 4.74 Å². The molecule has 5 heteroatoms. The van der Waals surface area contributed by atoms with E-state index in [-0.39, 0.29) is 11.6 Å². The molecule has 0 N–H and O–H groups in total. The topological polar surface area (TPSA) is 49.9 Å². The van der Waals surface area contributed by atoms with Gasteiger partial charge in [0.15, 0.2) is 11.6 Å². The summed E-state index contributed by atoms with van der Waals surface area (Å²) in [6.07, 6.45) is 0.319. The van der Waals surface area contributed by atoms with Gasteiger partial charge in [-0.15, -0.1) is 0 Å². The second kappa shape index (κ2) is 8.93. The van der Waals surface area contributed by atoms with Gasteiger partial charge >= 0.3 is 0 Å². The van der Waals surface area contributed by atoms with Gasteiger partial charge in [-0.25, -0.2) is 0 Å². The first kappa shape index (κ1) is 19.3. The van der Waals surface area contributed by atoms with E-state index >= 15 is 0 Å². The minimum Gasteiger partial charge on any atom is -0.497 e. The number of likely N-dealkylation sites (N-methyl/N-ethyl adjacent to an activating group) is 1. The van der Waals surface area contributed by atoms with Crippen LogP contribution in [0.5, 0.6) is 5.75 Å². The maximum absolute atomic E-state index is 12.5. The fourth-order valence-corrected chi connectivity index (χ4v) is 3.17. The smallest absolute Gasteiger partial charge is 0.176 e. The lowest BCUT2D eigenvalue weighted by Gasteiger charge is -2.31. The summed E-state index contributed by atoms with van der Waals surface area (Å²) >= 11 is 0. The Balaban J connectivity index is 1.56. The second-order valence-corrected chi connectivity index (χ2v) is 7.03. The summed E-state index contributed by atoms with van der Waals surface area (Å²) in [6.45, 7) is 4.31. The summed E-state index contributed by atoms with van der Waals surface area (Å²) in [4.78, 5) is 29.4. The number of carbonyl (C=O) groups is 2. The van der Waals surface area contributed by atoms with Crippen LogP contribution in [0.15, 0.2) is 48.5 Å². The summed E-state index contributed by atoms with van der Waals surface area (Å²) in [5, 5.41) is 0. The summed E-state index contributed by atoms with van der Waals surface area (Å²) < 4.78 is 5.11. The van der Waals surface area contributed by atoms with Gasteiger partial charge in [-0.1, -0.05) is 24.3 Å². The number of piperazine rings is 1. The van der Waals surface area contributed by atoms with Crippen molar-refractivity contribution in [3.8, 4) is 5.75 Å². The lowest BCUT2D eigenvalue weighted by molar-refractivity contribution is 0.0876. The molecule has 1 saturated heterocycles. The van der Waals surface area contributed by atoms with E-state index in [9.17, 15) is 9.59 Å². The first-order valence-corrected chi connectivity index (χ1v) is 9.25. The maximum Gasteiger partial charge on any atom is 0.176 e. The molecule has 0 aliphatic carbocycles. The van der Waals surface area contributed by atoms with Gasteiger partial charge in [0.25, 0.3) is 0 Å². The highest BCUT2D eigenvalue weighted by atomic mass is 16.5. The molecule has 1 aliphatic rings. The summed E-state index contributed by atoms with van der Waals surface area (Å²) in [6, 6.07) is 14.5. The monoisotopic (exact) mass is 366 g/mol. The van der Waals surface area contributed by atoms with E-state index in [1.54, 1.807) is 31.4 Å². The molecule has 2 aromatic rings. The number of ether oxygens (including phenoxy) is 1. The molecule has 0 amide bonds. The van der Waals surface area contributed by atoms with Crippen molar-refractivity contribution in [1.29, 1.82) is 0 Å². The third-order valence-corrected chi connectivity index (χ3v) is 5.02. The molecule has 0 bridgehead atoms. The Labute approximate surface area is 160 Å². The molecule has 142 valence electrons. The Kier molecular flexibility index (Phi) is 6.37. The van der Waals surface area contributed by atoms with E-state index in [0.717, 1.165) is 37.5 Å². The Hall–Kier alpha value is -2.50. The highest BCUT2D eigenvalue weighted by Crippen LogP contribution is 2.14. The lowest BCUT2D eigenvalue weighted by Crippen LogP contribution is -2.46. The number of carbonyl (C=O) groups excluding carboxylic acids is 2. The van der Waals surface area contributed by atoms with Crippen molar-refractivity contribution in [1.82, 2.24) is 9.80 Å². The van der Waals surface area contributed by atoms with Gasteiger partial charge in [0, 0.05) is 43.7 Å². The van der Waals surface area contributed by atoms with Crippen molar-refractivity contribution < 1.29 is 14.3 Å². The summed E-state index contributed by atoms with van der Waals surface area (Å²) in [7, 11) is 3.70. The highest BCUT2D eigenvalue weighted by Gasteiger charge is 2.17. The third-order valence-electron chi connectivity index (χ3n) is 5.02. The molecule has 1 heterocycles. The predicted molar refractivity (Wildman–Crippen MR) is 106 cm³/mol. The third kappa shape index (κ3) is 5.25. The number of benzene rings is 2. The summed E-state index contributed by atoms with van der Waals surface area (Å²) in [5.74, 6) is 0.913. The molecular formula is C22H26N2O3. The molecule has 0 saturated carbocycles. The second-order valence-electron chi connectivity index (χ2n) is 7.03. The largest absolute Gasteiger partial charge is 0.497 e. The fraction of sp³-hybridized carbons (Fsp3) is 0.364. The van der Waals surface area contributed by atoms with E-state index < -0.39 is 0 Å². The highest BCUT2D eigenvalue weighted by molar-refractivity contribution is 5.99. The van der Waals surface area contributed by atoms with Gasteiger partial charge in [0.1, 0.15) is 5.75 Å². The van der Waals surface area contributed by atoms with Crippen LogP contribution in [0.4, 0.5) is 0 Å². The van der Waals surface area contributed by atoms with Gasteiger partial charge in [-0.2, -0.15) is 0 Å². The molecule has 0 spiro atoms. The molecule has 1 fully saturated rings. The van der Waals surface area contributed by atoms with E-state index in [0.29, 0.717) is 24.1 Å². The number of hydrogen-bond acceptors (Lipinski definition) is 5. The van der Waals surface area contributed by atoms with Crippen molar-refractivity contribution in [3.05, 3.63) is 65.2 Å². The quantitative estimate of drug-likeness (QED) is 0.705. The van der Waals surface area contributed by atoms with Crippen LogP contribution in [0.3, 0.4) is 0 Å². The first-order valence-electron chi connectivity index (χ1n) is 9.25. The molecular weight excluding hydrogens is 340 g/mol. The minimum atomic E-state index is 0.0502.